The molecule has 0 radical (unpaired) electrons. The number of amides is 2. The lowest BCUT2D eigenvalue weighted by Crippen LogP contribution is -2.36. The largest absolute Gasteiger partial charge is 0.497 e. The van der Waals surface area contributed by atoms with Crippen LogP contribution in [0.2, 0.25) is 0 Å². The maximum Gasteiger partial charge on any atom is 0.229 e. The molecular weight excluding hydrogens is 382 g/mol. The zero-order valence-electron chi connectivity index (χ0n) is 17.6. The van der Waals surface area contributed by atoms with Gasteiger partial charge in [0.15, 0.2) is 0 Å². The number of rotatable bonds is 10. The van der Waals surface area contributed by atoms with E-state index in [1.54, 1.807) is 48.4 Å². The van der Waals surface area contributed by atoms with E-state index in [1.165, 1.54) is 6.92 Å². The van der Waals surface area contributed by atoms with E-state index in [-0.39, 0.29) is 31.2 Å². The highest BCUT2D eigenvalue weighted by Gasteiger charge is 2.22. The monoisotopic (exact) mass is 409 g/mol. The Morgan fingerprint density at radius 2 is 1.73 bits per heavy atom. The molecule has 2 amide bonds. The van der Waals surface area contributed by atoms with Gasteiger partial charge in [0.25, 0.3) is 0 Å². The number of hydrogen-bond donors (Lipinski definition) is 1. The summed E-state index contributed by atoms with van der Waals surface area (Å²) >= 11 is 0. The quantitative estimate of drug-likeness (QED) is 0.647. The predicted octanol–water partition coefficient (Wildman–Crippen LogP) is 3.61. The number of ether oxygens (including phenoxy) is 2. The molecule has 0 bridgehead atoms. The molecule has 0 aliphatic heterocycles. The van der Waals surface area contributed by atoms with Crippen molar-refractivity contribution in [1.29, 1.82) is 5.26 Å². The average Bonchev–Trinajstić information content (AvgIpc) is 2.74. The predicted molar refractivity (Wildman–Crippen MR) is 114 cm³/mol. The molecular formula is C23H27N3O4. The van der Waals surface area contributed by atoms with E-state index in [9.17, 15) is 9.59 Å². The second-order valence-corrected chi connectivity index (χ2v) is 6.61. The second kappa shape index (κ2) is 11.5. The average molecular weight is 409 g/mol. The van der Waals surface area contributed by atoms with Crippen LogP contribution >= 0.6 is 0 Å². The lowest BCUT2D eigenvalue weighted by molar-refractivity contribution is -0.121. The van der Waals surface area contributed by atoms with Crippen LogP contribution in [-0.2, 0) is 9.59 Å². The van der Waals surface area contributed by atoms with Gasteiger partial charge >= 0.3 is 0 Å². The maximum atomic E-state index is 13.2. The van der Waals surface area contributed by atoms with Crippen LogP contribution in [0.15, 0.2) is 48.5 Å². The summed E-state index contributed by atoms with van der Waals surface area (Å²) in [7, 11) is 1.58. The first kappa shape index (κ1) is 22.8. The summed E-state index contributed by atoms with van der Waals surface area (Å²) < 4.78 is 10.6. The van der Waals surface area contributed by atoms with Crippen LogP contribution in [0, 0.1) is 11.3 Å². The minimum atomic E-state index is -0.492. The van der Waals surface area contributed by atoms with Gasteiger partial charge in [-0.2, -0.15) is 5.26 Å². The first-order valence-corrected chi connectivity index (χ1v) is 9.79. The van der Waals surface area contributed by atoms with Crippen molar-refractivity contribution in [3.63, 3.8) is 0 Å². The van der Waals surface area contributed by atoms with Crippen molar-refractivity contribution in [2.75, 3.05) is 25.2 Å². The Kier molecular flexibility index (Phi) is 8.70. The molecule has 0 saturated carbocycles. The van der Waals surface area contributed by atoms with Gasteiger partial charge in [0.1, 0.15) is 11.5 Å². The number of methoxy groups -OCH3 is 1. The van der Waals surface area contributed by atoms with Crippen LogP contribution in [0.25, 0.3) is 0 Å². The molecule has 0 aliphatic carbocycles. The normalized spacial score (nSPS) is 11.1. The maximum absolute atomic E-state index is 13.2. The summed E-state index contributed by atoms with van der Waals surface area (Å²) in [5, 5.41) is 11.8. The Labute approximate surface area is 177 Å². The minimum Gasteiger partial charge on any atom is -0.497 e. The molecule has 0 saturated heterocycles. The Morgan fingerprint density at radius 3 is 2.27 bits per heavy atom. The van der Waals surface area contributed by atoms with Crippen LogP contribution in [0.1, 0.15) is 38.3 Å². The van der Waals surface area contributed by atoms with Crippen molar-refractivity contribution in [3.05, 3.63) is 54.1 Å². The highest BCUT2D eigenvalue weighted by atomic mass is 16.5. The van der Waals surface area contributed by atoms with Gasteiger partial charge in [0, 0.05) is 19.2 Å². The molecule has 1 atom stereocenters. The Balaban J connectivity index is 2.24. The summed E-state index contributed by atoms with van der Waals surface area (Å²) in [4.78, 5) is 26.4. The molecule has 7 heteroatoms. The molecule has 158 valence electrons. The zero-order chi connectivity index (χ0) is 21.9. The zero-order valence-corrected chi connectivity index (χ0v) is 17.6. The summed E-state index contributed by atoms with van der Waals surface area (Å²) in [6, 6.07) is 16.0. The smallest absolute Gasteiger partial charge is 0.229 e. The van der Waals surface area contributed by atoms with Crippen LogP contribution in [0.3, 0.4) is 0 Å². The van der Waals surface area contributed by atoms with Gasteiger partial charge in [0.2, 0.25) is 11.8 Å². The van der Waals surface area contributed by atoms with Gasteiger partial charge in [-0.25, -0.2) is 0 Å². The third-order valence-corrected chi connectivity index (χ3v) is 4.48. The van der Waals surface area contributed by atoms with Crippen molar-refractivity contribution >= 4 is 17.5 Å². The van der Waals surface area contributed by atoms with Crippen LogP contribution < -0.4 is 19.7 Å². The molecule has 2 rings (SSSR count). The van der Waals surface area contributed by atoms with Gasteiger partial charge in [-0.05, 0) is 48.9 Å². The van der Waals surface area contributed by atoms with Crippen molar-refractivity contribution in [1.82, 2.24) is 5.32 Å². The summed E-state index contributed by atoms with van der Waals surface area (Å²) in [6.45, 7) is 4.13. The number of anilines is 1. The molecule has 0 fully saturated rings. The molecule has 0 aliphatic rings. The van der Waals surface area contributed by atoms with E-state index in [0.717, 1.165) is 5.56 Å². The minimum absolute atomic E-state index is 0.0601. The van der Waals surface area contributed by atoms with Crippen molar-refractivity contribution in [3.8, 4) is 17.6 Å². The summed E-state index contributed by atoms with van der Waals surface area (Å²) in [6.07, 6.45) is 0.261. The number of nitriles is 1. The Hall–Kier alpha value is -3.53. The molecule has 0 aromatic heterocycles. The van der Waals surface area contributed by atoms with E-state index in [2.05, 4.69) is 11.4 Å². The molecule has 2 aromatic rings. The first-order valence-electron chi connectivity index (χ1n) is 9.79. The summed E-state index contributed by atoms with van der Waals surface area (Å²) in [5.41, 5.74) is 1.47. The number of nitrogens with zero attached hydrogens (tertiary/aromatic N) is 2. The van der Waals surface area contributed by atoms with E-state index in [4.69, 9.17) is 14.7 Å². The van der Waals surface area contributed by atoms with Gasteiger partial charge in [0.05, 0.1) is 38.7 Å². The first-order chi connectivity index (χ1) is 14.5. The molecule has 2 aromatic carbocycles. The molecule has 1 N–H and O–H groups in total. The number of nitrogens with one attached hydrogen (secondary N) is 1. The molecule has 1 unspecified atom stereocenters. The van der Waals surface area contributed by atoms with Crippen molar-refractivity contribution in [2.24, 2.45) is 0 Å². The number of benzene rings is 2. The third-order valence-electron chi connectivity index (χ3n) is 4.48. The molecule has 0 spiro atoms. The third kappa shape index (κ3) is 6.52. The van der Waals surface area contributed by atoms with Crippen molar-refractivity contribution < 1.29 is 19.1 Å². The van der Waals surface area contributed by atoms with Gasteiger partial charge < -0.3 is 19.7 Å². The van der Waals surface area contributed by atoms with Crippen molar-refractivity contribution in [2.45, 2.75) is 32.7 Å². The number of carbonyl (C=O) groups is 2. The van der Waals surface area contributed by atoms with Gasteiger partial charge in [-0.3, -0.25) is 9.59 Å². The second-order valence-electron chi connectivity index (χ2n) is 6.61. The Bertz CT molecular complexity index is 873. The van der Waals surface area contributed by atoms with E-state index >= 15 is 0 Å². The SMILES string of the molecule is CCOc1ccc(N(CCC#N)C(=O)CC(NC(C)=O)c2ccc(OC)cc2)cc1. The van der Waals surface area contributed by atoms with Gasteiger partial charge in [-0.1, -0.05) is 12.1 Å². The highest BCUT2D eigenvalue weighted by molar-refractivity contribution is 5.94. The van der Waals surface area contributed by atoms with Crippen LogP contribution in [0.4, 0.5) is 5.69 Å². The standard InChI is InChI=1S/C23H27N3O4/c1-4-30-21-12-8-19(9-13-21)26(15-5-14-24)23(28)16-22(25-17(2)27)18-6-10-20(29-3)11-7-18/h6-13,22H,4-5,15-16H2,1-3H3,(H,25,27). The summed E-state index contributed by atoms with van der Waals surface area (Å²) in [5.74, 6) is 0.984. The fraction of sp³-hybridized carbons (Fsp3) is 0.348. The Morgan fingerprint density at radius 1 is 1.10 bits per heavy atom. The molecule has 30 heavy (non-hydrogen) atoms. The van der Waals surface area contributed by atoms with E-state index in [0.29, 0.717) is 23.8 Å². The highest BCUT2D eigenvalue weighted by Crippen LogP contribution is 2.25. The fourth-order valence-corrected chi connectivity index (χ4v) is 3.07. The van der Waals surface area contributed by atoms with Crippen LogP contribution in [0.5, 0.6) is 11.5 Å². The van der Waals surface area contributed by atoms with E-state index in [1.807, 2.05) is 19.1 Å². The topological polar surface area (TPSA) is 91.7 Å². The number of carbonyl (C=O) groups excluding carboxylic acids is 2. The molecule has 7 nitrogen and oxygen atoms in total. The fourth-order valence-electron chi connectivity index (χ4n) is 3.07. The lowest BCUT2D eigenvalue weighted by Gasteiger charge is -2.25. The molecule has 0 heterocycles. The van der Waals surface area contributed by atoms with Gasteiger partial charge in [-0.15, -0.1) is 0 Å². The van der Waals surface area contributed by atoms with Crippen LogP contribution in [-0.4, -0.2) is 32.1 Å². The van der Waals surface area contributed by atoms with E-state index < -0.39 is 6.04 Å². The lowest BCUT2D eigenvalue weighted by atomic mass is 10.0. The number of hydrogen-bond acceptors (Lipinski definition) is 5.